The van der Waals surface area contributed by atoms with Crippen LogP contribution in [0, 0.1) is 0 Å². The maximum atomic E-state index is 12.5. The van der Waals surface area contributed by atoms with Crippen LogP contribution >= 0.6 is 11.8 Å². The zero-order chi connectivity index (χ0) is 13.6. The van der Waals surface area contributed by atoms with Gasteiger partial charge in [-0.05, 0) is 13.8 Å². The van der Waals surface area contributed by atoms with Crippen molar-refractivity contribution in [2.75, 3.05) is 5.75 Å². The lowest BCUT2D eigenvalue weighted by Gasteiger charge is -2.31. The van der Waals surface area contributed by atoms with E-state index in [2.05, 4.69) is 5.10 Å². The van der Waals surface area contributed by atoms with Crippen molar-refractivity contribution in [3.63, 3.8) is 0 Å². The summed E-state index contributed by atoms with van der Waals surface area (Å²) < 4.78 is 27.8. The van der Waals surface area contributed by atoms with E-state index in [0.29, 0.717) is 12.0 Å². The molecule has 2 rings (SSSR count). The number of thioether (sulfide) groups is 1. The van der Waals surface area contributed by atoms with E-state index in [4.69, 9.17) is 0 Å². The first kappa shape index (κ1) is 13.6. The van der Waals surface area contributed by atoms with Gasteiger partial charge in [0.25, 0.3) is 0 Å². The quantitative estimate of drug-likeness (QED) is 0.756. The molecule has 1 aromatic rings. The Balaban J connectivity index is 2.48. The highest BCUT2D eigenvalue weighted by molar-refractivity contribution is 8.02. The molecule has 1 fully saturated rings. The lowest BCUT2D eigenvalue weighted by Crippen LogP contribution is -2.48. The Morgan fingerprint density at radius 2 is 2.22 bits per heavy atom. The second-order valence-electron chi connectivity index (χ2n) is 4.80. The highest BCUT2D eigenvalue weighted by Crippen LogP contribution is 2.39. The second kappa shape index (κ2) is 4.36. The maximum absolute atomic E-state index is 12.5. The van der Waals surface area contributed by atoms with Gasteiger partial charge in [0.05, 0.1) is 6.20 Å². The molecule has 0 radical (unpaired) electrons. The molecular weight excluding hydrogens is 274 g/mol. The van der Waals surface area contributed by atoms with E-state index in [9.17, 15) is 13.2 Å². The minimum atomic E-state index is -3.69. The minimum Gasteiger partial charge on any atom is -0.301 e. The Morgan fingerprint density at radius 3 is 2.72 bits per heavy atom. The molecule has 0 aromatic carbocycles. The summed E-state index contributed by atoms with van der Waals surface area (Å²) in [6, 6.07) is 0. The first-order chi connectivity index (χ1) is 8.29. The molecule has 2 heterocycles. The van der Waals surface area contributed by atoms with Gasteiger partial charge in [0.15, 0.2) is 0 Å². The van der Waals surface area contributed by atoms with Crippen LogP contribution in [-0.4, -0.2) is 45.5 Å². The molecule has 0 spiro atoms. The van der Waals surface area contributed by atoms with E-state index in [1.807, 2.05) is 13.8 Å². The van der Waals surface area contributed by atoms with E-state index in [-0.39, 0.29) is 4.90 Å². The monoisotopic (exact) mass is 289 g/mol. The zero-order valence-corrected chi connectivity index (χ0v) is 12.0. The van der Waals surface area contributed by atoms with E-state index in [1.165, 1.54) is 33.1 Å². The fourth-order valence-corrected chi connectivity index (χ4v) is 5.52. The average molecular weight is 289 g/mol. The van der Waals surface area contributed by atoms with Crippen LogP contribution in [0.15, 0.2) is 17.3 Å². The largest absolute Gasteiger partial charge is 0.301 e. The minimum absolute atomic E-state index is 0.118. The van der Waals surface area contributed by atoms with Gasteiger partial charge in [-0.25, -0.2) is 8.42 Å². The van der Waals surface area contributed by atoms with E-state index in [0.717, 1.165) is 0 Å². The predicted molar refractivity (Wildman–Crippen MR) is 68.6 cm³/mol. The number of carbonyl (C=O) groups is 1. The third-order valence-electron chi connectivity index (χ3n) is 2.79. The molecule has 1 aromatic heterocycles. The van der Waals surface area contributed by atoms with E-state index in [1.54, 1.807) is 7.05 Å². The summed E-state index contributed by atoms with van der Waals surface area (Å²) in [6.45, 7) is 3.63. The number of aromatic nitrogens is 2. The van der Waals surface area contributed by atoms with Crippen LogP contribution in [0.5, 0.6) is 0 Å². The summed E-state index contributed by atoms with van der Waals surface area (Å²) in [6.07, 6.45) is 3.42. The Labute approximate surface area is 110 Å². The van der Waals surface area contributed by atoms with Crippen LogP contribution in [0.3, 0.4) is 0 Å². The van der Waals surface area contributed by atoms with Gasteiger partial charge in [-0.1, -0.05) is 0 Å². The van der Waals surface area contributed by atoms with Crippen LogP contribution in [0.2, 0.25) is 0 Å². The lowest BCUT2D eigenvalue weighted by atomic mass is 10.1. The van der Waals surface area contributed by atoms with E-state index < -0.39 is 20.9 Å². The first-order valence-corrected chi connectivity index (χ1v) is 7.88. The number of rotatable bonds is 3. The number of aryl methyl sites for hydroxylation is 1. The number of nitrogens with zero attached hydrogens (tertiary/aromatic N) is 3. The third kappa shape index (κ3) is 2.08. The fourth-order valence-electron chi connectivity index (χ4n) is 1.97. The molecule has 8 heteroatoms. The van der Waals surface area contributed by atoms with Crippen molar-refractivity contribution in [1.29, 1.82) is 0 Å². The number of aldehydes is 1. The molecule has 100 valence electrons. The normalized spacial score (nSPS) is 24.3. The molecule has 0 saturated carbocycles. The molecule has 1 atom stereocenters. The lowest BCUT2D eigenvalue weighted by molar-refractivity contribution is -0.109. The van der Waals surface area contributed by atoms with Gasteiger partial charge in [-0.2, -0.15) is 9.40 Å². The van der Waals surface area contributed by atoms with Gasteiger partial charge < -0.3 is 4.79 Å². The summed E-state index contributed by atoms with van der Waals surface area (Å²) >= 11 is 1.34. The zero-order valence-electron chi connectivity index (χ0n) is 10.4. The van der Waals surface area contributed by atoms with Crippen LogP contribution in [0.1, 0.15) is 13.8 Å². The number of hydrogen-bond acceptors (Lipinski definition) is 5. The topological polar surface area (TPSA) is 72.3 Å². The summed E-state index contributed by atoms with van der Waals surface area (Å²) in [7, 11) is -2.04. The SMILES string of the molecule is Cn1cc(S(=O)(=O)N2[C@H](C=O)SCC2(C)C)cn1. The second-order valence-corrected chi connectivity index (χ2v) is 7.72. The third-order valence-corrected chi connectivity index (χ3v) is 6.51. The Hall–Kier alpha value is -0.860. The van der Waals surface area contributed by atoms with Crippen molar-refractivity contribution in [2.24, 2.45) is 7.05 Å². The summed E-state index contributed by atoms with van der Waals surface area (Å²) in [4.78, 5) is 11.2. The van der Waals surface area contributed by atoms with Crippen LogP contribution in [0.25, 0.3) is 0 Å². The highest BCUT2D eigenvalue weighted by atomic mass is 32.2. The van der Waals surface area contributed by atoms with Gasteiger partial charge in [0.1, 0.15) is 16.6 Å². The molecule has 0 aliphatic carbocycles. The molecule has 0 N–H and O–H groups in total. The average Bonchev–Trinajstić information content (AvgIpc) is 2.82. The van der Waals surface area contributed by atoms with Crippen molar-refractivity contribution >= 4 is 28.1 Å². The van der Waals surface area contributed by atoms with Gasteiger partial charge in [0.2, 0.25) is 10.0 Å². The number of sulfonamides is 1. The van der Waals surface area contributed by atoms with Crippen molar-refractivity contribution in [3.8, 4) is 0 Å². The van der Waals surface area contributed by atoms with Crippen molar-refractivity contribution in [2.45, 2.75) is 29.7 Å². The van der Waals surface area contributed by atoms with Gasteiger partial charge in [-0.15, -0.1) is 11.8 Å². The first-order valence-electron chi connectivity index (χ1n) is 5.39. The standard InChI is InChI=1S/C10H15N3O3S2/c1-10(2)7-17-9(6-14)13(10)18(15,16)8-4-11-12(3)5-8/h4-6,9H,7H2,1-3H3/t9-/m0/s1. The van der Waals surface area contributed by atoms with Crippen molar-refractivity contribution in [3.05, 3.63) is 12.4 Å². The van der Waals surface area contributed by atoms with Crippen LogP contribution in [0.4, 0.5) is 0 Å². The highest BCUT2D eigenvalue weighted by Gasteiger charge is 2.48. The summed E-state index contributed by atoms with van der Waals surface area (Å²) in [5, 5.41) is 3.21. The predicted octanol–water partition coefficient (Wildman–Crippen LogP) is 0.461. The smallest absolute Gasteiger partial charge is 0.248 e. The molecule has 1 aliphatic rings. The Morgan fingerprint density at radius 1 is 1.56 bits per heavy atom. The molecule has 0 amide bonds. The van der Waals surface area contributed by atoms with Crippen molar-refractivity contribution in [1.82, 2.24) is 14.1 Å². The molecular formula is C10H15N3O3S2. The van der Waals surface area contributed by atoms with Crippen molar-refractivity contribution < 1.29 is 13.2 Å². The Bertz CT molecular complexity index is 565. The molecule has 1 aliphatic heterocycles. The van der Waals surface area contributed by atoms with Crippen LogP contribution < -0.4 is 0 Å². The van der Waals surface area contributed by atoms with Gasteiger partial charge in [0, 0.05) is 24.5 Å². The van der Waals surface area contributed by atoms with Crippen LogP contribution in [-0.2, 0) is 21.9 Å². The number of hydrogen-bond donors (Lipinski definition) is 0. The summed E-state index contributed by atoms with van der Waals surface area (Å²) in [5.41, 5.74) is -0.578. The van der Waals surface area contributed by atoms with Gasteiger partial charge in [-0.3, -0.25) is 4.68 Å². The molecule has 18 heavy (non-hydrogen) atoms. The maximum Gasteiger partial charge on any atom is 0.248 e. The molecule has 1 saturated heterocycles. The summed E-state index contributed by atoms with van der Waals surface area (Å²) in [5.74, 6) is 0.593. The number of carbonyl (C=O) groups excluding carboxylic acids is 1. The fraction of sp³-hybridized carbons (Fsp3) is 0.600. The van der Waals surface area contributed by atoms with E-state index >= 15 is 0 Å². The molecule has 6 nitrogen and oxygen atoms in total. The molecule has 0 bridgehead atoms. The van der Waals surface area contributed by atoms with Gasteiger partial charge >= 0.3 is 0 Å². The molecule has 0 unspecified atom stereocenters. The Kier molecular flexibility index (Phi) is 3.28.